The molecule has 0 heterocycles. The van der Waals surface area contributed by atoms with Crippen LogP contribution in [0.4, 0.5) is 21.9 Å². The molecule has 2 N–H and O–H groups in total. The molecule has 0 aliphatic heterocycles. The van der Waals surface area contributed by atoms with E-state index >= 15 is 0 Å². The van der Waals surface area contributed by atoms with Gasteiger partial charge in [0.2, 0.25) is 0 Å². The molecule has 2 aromatic rings. The van der Waals surface area contributed by atoms with Crippen LogP contribution in [-0.2, 0) is 0 Å². The van der Waals surface area contributed by atoms with Gasteiger partial charge < -0.3 is 15.4 Å². The molecule has 0 aromatic heterocycles. The van der Waals surface area contributed by atoms with Gasteiger partial charge in [-0.05, 0) is 24.3 Å². The van der Waals surface area contributed by atoms with Gasteiger partial charge in [0.05, 0.1) is 28.4 Å². The first-order chi connectivity index (χ1) is 10.9. The van der Waals surface area contributed by atoms with Gasteiger partial charge in [-0.2, -0.15) is 0 Å². The minimum Gasteiger partial charge on any atom is -0.495 e. The highest BCUT2D eigenvalue weighted by Crippen LogP contribution is 2.30. The third-order valence-corrected chi connectivity index (χ3v) is 3.38. The maximum atomic E-state index is 12.0. The zero-order valence-corrected chi connectivity index (χ0v) is 13.3. The van der Waals surface area contributed by atoms with E-state index in [1.54, 1.807) is 6.07 Å². The first-order valence-electron chi connectivity index (χ1n) is 6.26. The summed E-state index contributed by atoms with van der Waals surface area (Å²) >= 11 is 11.8. The second-order valence-electron chi connectivity index (χ2n) is 4.34. The fraction of sp³-hybridized carbons (Fsp3) is 0.0714. The first-order valence-corrected chi connectivity index (χ1v) is 7.02. The number of methoxy groups -OCH3 is 1. The number of carbonyl (C=O) groups excluding carboxylic acids is 1. The van der Waals surface area contributed by atoms with Crippen molar-refractivity contribution in [1.29, 1.82) is 0 Å². The number of nitro groups is 1. The molecule has 0 bridgehead atoms. The van der Waals surface area contributed by atoms with E-state index in [0.29, 0.717) is 15.7 Å². The number of hydrogen-bond donors (Lipinski definition) is 2. The number of non-ortho nitro benzene ring substituents is 1. The molecule has 0 unspecified atom stereocenters. The molecule has 0 aliphatic carbocycles. The van der Waals surface area contributed by atoms with E-state index in [0.717, 1.165) is 0 Å². The average Bonchev–Trinajstić information content (AvgIpc) is 2.50. The Morgan fingerprint density at radius 3 is 2.48 bits per heavy atom. The number of nitro benzene ring substituents is 1. The Morgan fingerprint density at radius 1 is 1.13 bits per heavy atom. The van der Waals surface area contributed by atoms with Crippen molar-refractivity contribution in [3.63, 3.8) is 0 Å². The number of hydrogen-bond acceptors (Lipinski definition) is 4. The van der Waals surface area contributed by atoms with Crippen LogP contribution in [-0.4, -0.2) is 18.1 Å². The normalized spacial score (nSPS) is 10.0. The first kappa shape index (κ1) is 16.9. The molecule has 2 rings (SSSR count). The quantitative estimate of drug-likeness (QED) is 0.621. The third-order valence-electron chi connectivity index (χ3n) is 2.82. The van der Waals surface area contributed by atoms with Gasteiger partial charge in [-0.15, -0.1) is 0 Å². The summed E-state index contributed by atoms with van der Waals surface area (Å²) in [6.45, 7) is 0. The van der Waals surface area contributed by atoms with E-state index < -0.39 is 11.0 Å². The van der Waals surface area contributed by atoms with Gasteiger partial charge in [-0.25, -0.2) is 4.79 Å². The highest BCUT2D eigenvalue weighted by molar-refractivity contribution is 6.35. The van der Waals surface area contributed by atoms with Crippen LogP contribution in [0.5, 0.6) is 5.75 Å². The van der Waals surface area contributed by atoms with Gasteiger partial charge in [-0.3, -0.25) is 10.1 Å². The number of ether oxygens (including phenoxy) is 1. The van der Waals surface area contributed by atoms with Crippen LogP contribution in [0.1, 0.15) is 0 Å². The second-order valence-corrected chi connectivity index (χ2v) is 5.19. The Morgan fingerprint density at radius 2 is 1.83 bits per heavy atom. The molecule has 0 atom stereocenters. The van der Waals surface area contributed by atoms with E-state index in [9.17, 15) is 14.9 Å². The van der Waals surface area contributed by atoms with Crippen molar-refractivity contribution in [2.75, 3.05) is 17.7 Å². The largest absolute Gasteiger partial charge is 0.495 e. The lowest BCUT2D eigenvalue weighted by Gasteiger charge is -2.12. The van der Waals surface area contributed by atoms with Crippen LogP contribution in [0.15, 0.2) is 36.4 Å². The van der Waals surface area contributed by atoms with E-state index in [4.69, 9.17) is 27.9 Å². The maximum absolute atomic E-state index is 12.0. The summed E-state index contributed by atoms with van der Waals surface area (Å²) in [4.78, 5) is 22.3. The molecular formula is C14H11Cl2N3O4. The number of anilines is 2. The van der Waals surface area contributed by atoms with Crippen molar-refractivity contribution in [3.05, 3.63) is 56.6 Å². The molecule has 0 aliphatic rings. The third kappa shape index (κ3) is 4.24. The van der Waals surface area contributed by atoms with Crippen molar-refractivity contribution in [3.8, 4) is 5.75 Å². The van der Waals surface area contributed by atoms with E-state index in [1.807, 2.05) is 0 Å². The Bertz CT molecular complexity index is 768. The monoisotopic (exact) mass is 355 g/mol. The summed E-state index contributed by atoms with van der Waals surface area (Å²) in [6, 6.07) is 7.80. The molecule has 2 amide bonds. The molecular weight excluding hydrogens is 345 g/mol. The highest BCUT2D eigenvalue weighted by atomic mass is 35.5. The lowest BCUT2D eigenvalue weighted by atomic mass is 10.2. The van der Waals surface area contributed by atoms with Crippen molar-refractivity contribution in [2.45, 2.75) is 0 Å². The molecule has 7 nitrogen and oxygen atoms in total. The zero-order valence-electron chi connectivity index (χ0n) is 11.8. The van der Waals surface area contributed by atoms with Gasteiger partial charge >= 0.3 is 6.03 Å². The van der Waals surface area contributed by atoms with E-state index in [1.165, 1.54) is 37.4 Å². The summed E-state index contributed by atoms with van der Waals surface area (Å²) in [5.41, 5.74) is 0.278. The van der Waals surface area contributed by atoms with Gasteiger partial charge in [-0.1, -0.05) is 23.2 Å². The minimum atomic E-state index is -0.645. The lowest BCUT2D eigenvalue weighted by Crippen LogP contribution is -2.20. The predicted octanol–water partition coefficient (Wildman–Crippen LogP) is 4.55. The van der Waals surface area contributed by atoms with Crippen molar-refractivity contribution in [2.24, 2.45) is 0 Å². The molecule has 0 saturated heterocycles. The van der Waals surface area contributed by atoms with Crippen molar-refractivity contribution >= 4 is 46.3 Å². The number of benzene rings is 2. The number of amides is 2. The Hall–Kier alpha value is -2.51. The predicted molar refractivity (Wildman–Crippen MR) is 88.8 cm³/mol. The molecule has 23 heavy (non-hydrogen) atoms. The zero-order chi connectivity index (χ0) is 17.0. The standard InChI is InChI=1S/C14H11Cl2N3O4/c1-23-13-5-3-9(19(21)22)7-12(13)18-14(20)17-11-6-8(15)2-4-10(11)16/h2-7H,1H3,(H2,17,18,20). The highest BCUT2D eigenvalue weighted by Gasteiger charge is 2.14. The lowest BCUT2D eigenvalue weighted by molar-refractivity contribution is -0.384. The van der Waals surface area contributed by atoms with Crippen LogP contribution in [0, 0.1) is 10.1 Å². The Labute approximate surface area is 141 Å². The molecule has 0 spiro atoms. The number of urea groups is 1. The number of halogens is 2. The summed E-state index contributed by atoms with van der Waals surface area (Å²) in [5.74, 6) is 0.281. The number of rotatable bonds is 4. The number of carbonyl (C=O) groups is 1. The SMILES string of the molecule is COc1ccc([N+](=O)[O-])cc1NC(=O)Nc1cc(Cl)ccc1Cl. The average molecular weight is 356 g/mol. The summed E-state index contributed by atoms with van der Waals surface area (Å²) < 4.78 is 5.06. The molecule has 9 heteroatoms. The fourth-order valence-corrected chi connectivity index (χ4v) is 2.11. The van der Waals surface area contributed by atoms with Crippen LogP contribution in [0.25, 0.3) is 0 Å². The molecule has 0 saturated carbocycles. The molecule has 0 fully saturated rings. The van der Waals surface area contributed by atoms with Gasteiger partial charge in [0.15, 0.2) is 0 Å². The van der Waals surface area contributed by atoms with Gasteiger partial charge in [0, 0.05) is 17.2 Å². The Balaban J connectivity index is 2.21. The molecule has 120 valence electrons. The fourth-order valence-electron chi connectivity index (χ4n) is 1.78. The smallest absolute Gasteiger partial charge is 0.323 e. The summed E-state index contributed by atoms with van der Waals surface area (Å²) in [7, 11) is 1.39. The second kappa shape index (κ2) is 7.17. The summed E-state index contributed by atoms with van der Waals surface area (Å²) in [5, 5.41) is 16.5. The van der Waals surface area contributed by atoms with Crippen LogP contribution >= 0.6 is 23.2 Å². The van der Waals surface area contributed by atoms with Crippen molar-refractivity contribution in [1.82, 2.24) is 0 Å². The minimum absolute atomic E-state index is 0.150. The van der Waals surface area contributed by atoms with E-state index in [2.05, 4.69) is 10.6 Å². The van der Waals surface area contributed by atoms with E-state index in [-0.39, 0.29) is 17.1 Å². The van der Waals surface area contributed by atoms with Crippen molar-refractivity contribution < 1.29 is 14.5 Å². The van der Waals surface area contributed by atoms with Gasteiger partial charge in [0.25, 0.3) is 5.69 Å². The molecule has 0 radical (unpaired) electrons. The maximum Gasteiger partial charge on any atom is 0.323 e. The Kier molecular flexibility index (Phi) is 5.25. The summed E-state index contributed by atoms with van der Waals surface area (Å²) in [6.07, 6.45) is 0. The van der Waals surface area contributed by atoms with Crippen LogP contribution < -0.4 is 15.4 Å². The molecule has 2 aromatic carbocycles. The van der Waals surface area contributed by atoms with Gasteiger partial charge in [0.1, 0.15) is 5.75 Å². The van der Waals surface area contributed by atoms with Crippen LogP contribution in [0.3, 0.4) is 0 Å². The number of nitrogens with one attached hydrogen (secondary N) is 2. The topological polar surface area (TPSA) is 93.5 Å². The number of nitrogens with zero attached hydrogens (tertiary/aromatic N) is 1. The van der Waals surface area contributed by atoms with Crippen LogP contribution in [0.2, 0.25) is 10.0 Å².